The molecule has 1 amide bonds. The van der Waals surface area contributed by atoms with Gasteiger partial charge in [0.25, 0.3) is 0 Å². The van der Waals surface area contributed by atoms with E-state index >= 15 is 0 Å². The number of likely N-dealkylation sites (tertiary alicyclic amines) is 1. The Labute approximate surface area is 119 Å². The van der Waals surface area contributed by atoms with Gasteiger partial charge in [0.1, 0.15) is 5.82 Å². The van der Waals surface area contributed by atoms with Crippen LogP contribution in [0.4, 0.5) is 5.82 Å². The maximum Gasteiger partial charge on any atom is 0.231 e. The molecule has 0 atom stereocenters. The summed E-state index contributed by atoms with van der Waals surface area (Å²) in [6.45, 7) is 2.22. The third-order valence-electron chi connectivity index (χ3n) is 4.25. The highest BCUT2D eigenvalue weighted by Gasteiger charge is 2.21. The lowest BCUT2D eigenvalue weighted by molar-refractivity contribution is -0.119. The summed E-state index contributed by atoms with van der Waals surface area (Å²) < 4.78 is 0. The quantitative estimate of drug-likeness (QED) is 0.857. The molecule has 3 N–H and O–H groups in total. The van der Waals surface area contributed by atoms with Gasteiger partial charge in [-0.1, -0.05) is 6.07 Å². The van der Waals surface area contributed by atoms with Crippen LogP contribution >= 0.6 is 0 Å². The lowest BCUT2D eigenvalue weighted by Gasteiger charge is -2.31. The van der Waals surface area contributed by atoms with Crippen LogP contribution in [0.2, 0.25) is 0 Å². The minimum absolute atomic E-state index is 0.239. The van der Waals surface area contributed by atoms with Crippen molar-refractivity contribution in [2.24, 2.45) is 5.73 Å². The average molecular weight is 274 g/mol. The fraction of sp³-hybridized carbons (Fsp3) is 0.600. The molecule has 1 fully saturated rings. The van der Waals surface area contributed by atoms with Crippen molar-refractivity contribution in [1.82, 2.24) is 9.88 Å². The van der Waals surface area contributed by atoms with Gasteiger partial charge in [0.2, 0.25) is 5.91 Å². The number of anilines is 1. The monoisotopic (exact) mass is 274 g/mol. The third kappa shape index (κ3) is 3.10. The molecule has 1 aliphatic heterocycles. The number of fused-ring (bicyclic) bond motifs is 1. The molecule has 0 radical (unpaired) electrons. The zero-order valence-electron chi connectivity index (χ0n) is 11.8. The van der Waals surface area contributed by atoms with Gasteiger partial charge in [0.15, 0.2) is 0 Å². The summed E-state index contributed by atoms with van der Waals surface area (Å²) in [6, 6.07) is 4.76. The van der Waals surface area contributed by atoms with Crippen LogP contribution in [0.1, 0.15) is 30.5 Å². The summed E-state index contributed by atoms with van der Waals surface area (Å²) >= 11 is 0. The second-order valence-electron chi connectivity index (χ2n) is 5.82. The van der Waals surface area contributed by atoms with Crippen molar-refractivity contribution < 1.29 is 4.79 Å². The Kier molecular flexibility index (Phi) is 3.87. The molecule has 20 heavy (non-hydrogen) atoms. The van der Waals surface area contributed by atoms with E-state index in [1.165, 1.54) is 24.1 Å². The number of amides is 1. The Morgan fingerprint density at radius 1 is 1.35 bits per heavy atom. The van der Waals surface area contributed by atoms with Crippen molar-refractivity contribution >= 4 is 11.7 Å². The molecule has 0 saturated carbocycles. The van der Waals surface area contributed by atoms with Crippen molar-refractivity contribution in [3.8, 4) is 0 Å². The van der Waals surface area contributed by atoms with Gasteiger partial charge in [0, 0.05) is 24.8 Å². The summed E-state index contributed by atoms with van der Waals surface area (Å²) in [5.41, 5.74) is 7.90. The van der Waals surface area contributed by atoms with E-state index in [0.717, 1.165) is 38.2 Å². The number of piperidine rings is 1. The maximum atomic E-state index is 10.9. The number of pyridine rings is 1. The molecule has 2 aliphatic rings. The fourth-order valence-corrected chi connectivity index (χ4v) is 3.17. The summed E-state index contributed by atoms with van der Waals surface area (Å²) in [5.74, 6) is 0.760. The predicted octanol–water partition coefficient (Wildman–Crippen LogP) is 0.932. The van der Waals surface area contributed by atoms with E-state index in [0.29, 0.717) is 12.6 Å². The molecule has 3 rings (SSSR count). The molecule has 0 bridgehead atoms. The van der Waals surface area contributed by atoms with Gasteiger partial charge in [0.05, 0.1) is 6.54 Å². The number of aryl methyl sites for hydroxylation is 2. The molecule has 1 aromatic rings. The first-order chi connectivity index (χ1) is 9.70. The van der Waals surface area contributed by atoms with Crippen molar-refractivity contribution in [3.05, 3.63) is 23.4 Å². The second kappa shape index (κ2) is 5.79. The summed E-state index contributed by atoms with van der Waals surface area (Å²) in [5, 5.41) is 3.53. The highest BCUT2D eigenvalue weighted by Crippen LogP contribution is 2.23. The molecule has 1 saturated heterocycles. The van der Waals surface area contributed by atoms with Gasteiger partial charge in [-0.3, -0.25) is 9.69 Å². The van der Waals surface area contributed by atoms with Gasteiger partial charge in [-0.15, -0.1) is 0 Å². The number of hydrogen-bond acceptors (Lipinski definition) is 4. The molecular formula is C15H22N4O. The molecule has 108 valence electrons. The van der Waals surface area contributed by atoms with Crippen molar-refractivity contribution in [2.75, 3.05) is 25.0 Å². The summed E-state index contributed by atoms with van der Waals surface area (Å²) in [4.78, 5) is 17.7. The number of carbonyl (C=O) groups is 1. The number of nitrogens with two attached hydrogens (primary N) is 1. The van der Waals surface area contributed by atoms with Crippen LogP contribution in [0.5, 0.6) is 0 Å². The minimum atomic E-state index is -0.239. The average Bonchev–Trinajstić information content (AvgIpc) is 2.88. The van der Waals surface area contributed by atoms with Gasteiger partial charge in [-0.05, 0) is 43.7 Å². The largest absolute Gasteiger partial charge is 0.369 e. The van der Waals surface area contributed by atoms with Gasteiger partial charge in [-0.25, -0.2) is 4.98 Å². The topological polar surface area (TPSA) is 71.2 Å². The predicted molar refractivity (Wildman–Crippen MR) is 78.5 cm³/mol. The smallest absolute Gasteiger partial charge is 0.231 e. The van der Waals surface area contributed by atoms with E-state index in [9.17, 15) is 4.79 Å². The Morgan fingerprint density at radius 2 is 2.15 bits per heavy atom. The number of carbonyl (C=O) groups excluding carboxylic acids is 1. The number of nitrogens with one attached hydrogen (secondary N) is 1. The van der Waals surface area contributed by atoms with E-state index in [-0.39, 0.29) is 5.91 Å². The molecule has 1 aromatic heterocycles. The highest BCUT2D eigenvalue weighted by atomic mass is 16.1. The lowest BCUT2D eigenvalue weighted by Crippen LogP contribution is -2.43. The van der Waals surface area contributed by atoms with E-state index in [1.807, 2.05) is 0 Å². The molecule has 0 unspecified atom stereocenters. The Hall–Kier alpha value is -1.62. The standard InChI is InChI=1S/C15H22N4O/c16-14(20)10-19-8-6-12(7-9-19)17-15-5-4-11-2-1-3-13(11)18-15/h4-5,12H,1-3,6-10H2,(H2,16,20)(H,17,18). The van der Waals surface area contributed by atoms with E-state index in [1.54, 1.807) is 0 Å². The zero-order valence-corrected chi connectivity index (χ0v) is 11.8. The molecule has 2 heterocycles. The van der Waals surface area contributed by atoms with Crippen molar-refractivity contribution in [3.63, 3.8) is 0 Å². The molecule has 0 aromatic carbocycles. The van der Waals surface area contributed by atoms with Crippen LogP contribution in [0.25, 0.3) is 0 Å². The van der Waals surface area contributed by atoms with E-state index in [4.69, 9.17) is 10.7 Å². The molecule has 5 nitrogen and oxygen atoms in total. The number of hydrogen-bond donors (Lipinski definition) is 2. The first-order valence-electron chi connectivity index (χ1n) is 7.47. The Bertz CT molecular complexity index is 495. The maximum absolute atomic E-state index is 10.9. The second-order valence-corrected chi connectivity index (χ2v) is 5.82. The zero-order chi connectivity index (χ0) is 13.9. The van der Waals surface area contributed by atoms with Gasteiger partial charge < -0.3 is 11.1 Å². The molecular weight excluding hydrogens is 252 g/mol. The van der Waals surface area contributed by atoms with E-state index in [2.05, 4.69) is 22.3 Å². The number of nitrogens with zero attached hydrogens (tertiary/aromatic N) is 2. The van der Waals surface area contributed by atoms with Crippen LogP contribution in [0, 0.1) is 0 Å². The van der Waals surface area contributed by atoms with Crippen molar-refractivity contribution in [1.29, 1.82) is 0 Å². The molecule has 1 aliphatic carbocycles. The van der Waals surface area contributed by atoms with Crippen LogP contribution in [-0.2, 0) is 17.6 Å². The first kappa shape index (κ1) is 13.4. The number of rotatable bonds is 4. The van der Waals surface area contributed by atoms with Crippen molar-refractivity contribution in [2.45, 2.75) is 38.1 Å². The summed E-state index contributed by atoms with van der Waals surface area (Å²) in [7, 11) is 0. The van der Waals surface area contributed by atoms with Crippen LogP contribution < -0.4 is 11.1 Å². The minimum Gasteiger partial charge on any atom is -0.369 e. The number of primary amides is 1. The van der Waals surface area contributed by atoms with Crippen LogP contribution in [0.15, 0.2) is 12.1 Å². The SMILES string of the molecule is NC(=O)CN1CCC(Nc2ccc3c(n2)CCC3)CC1. The van der Waals surface area contributed by atoms with Crippen LogP contribution in [0.3, 0.4) is 0 Å². The molecule has 5 heteroatoms. The van der Waals surface area contributed by atoms with Crippen LogP contribution in [-0.4, -0.2) is 41.5 Å². The summed E-state index contributed by atoms with van der Waals surface area (Å²) in [6.07, 6.45) is 5.59. The normalized spacial score (nSPS) is 19.8. The Morgan fingerprint density at radius 3 is 2.90 bits per heavy atom. The highest BCUT2D eigenvalue weighted by molar-refractivity contribution is 5.75. The first-order valence-corrected chi connectivity index (χ1v) is 7.47. The third-order valence-corrected chi connectivity index (χ3v) is 4.25. The Balaban J connectivity index is 1.53. The molecule has 0 spiro atoms. The number of aromatic nitrogens is 1. The fourth-order valence-electron chi connectivity index (χ4n) is 3.17. The lowest BCUT2D eigenvalue weighted by atomic mass is 10.0. The van der Waals surface area contributed by atoms with E-state index < -0.39 is 0 Å². The van der Waals surface area contributed by atoms with Gasteiger partial charge >= 0.3 is 0 Å². The van der Waals surface area contributed by atoms with Gasteiger partial charge in [-0.2, -0.15) is 0 Å².